The van der Waals surface area contributed by atoms with Crippen LogP contribution in [0.25, 0.3) is 33.2 Å². The highest BCUT2D eigenvalue weighted by Gasteiger charge is 2.29. The molecule has 176 valence electrons. The van der Waals surface area contributed by atoms with Gasteiger partial charge >= 0.3 is 5.97 Å². The van der Waals surface area contributed by atoms with Crippen molar-refractivity contribution < 1.29 is 15.0 Å². The summed E-state index contributed by atoms with van der Waals surface area (Å²) in [4.78, 5) is 26.6. The molecule has 0 unspecified atom stereocenters. The fourth-order valence-corrected chi connectivity index (χ4v) is 5.83. The molecule has 6 rings (SSSR count). The topological polar surface area (TPSA) is 107 Å². The molecule has 1 saturated heterocycles. The maximum atomic E-state index is 12.3. The van der Waals surface area contributed by atoms with Crippen molar-refractivity contribution in [1.82, 2.24) is 19.5 Å². The number of benzene rings is 2. The Kier molecular flexibility index (Phi) is 5.25. The van der Waals surface area contributed by atoms with E-state index in [4.69, 9.17) is 4.98 Å². The second-order valence-corrected chi connectivity index (χ2v) is 9.68. The number of imidazole rings is 2. The van der Waals surface area contributed by atoms with Gasteiger partial charge in [-0.15, -0.1) is 0 Å². The Morgan fingerprint density at radius 1 is 1.12 bits per heavy atom. The number of nitrogens with zero attached hydrogens (tertiary/aromatic N) is 4. The number of aromatic carboxylic acids is 1. The first-order valence-electron chi connectivity index (χ1n) is 12.2. The summed E-state index contributed by atoms with van der Waals surface area (Å²) in [5.41, 5.74) is 6.01. The van der Waals surface area contributed by atoms with Gasteiger partial charge in [0.25, 0.3) is 0 Å². The largest absolute Gasteiger partial charge is 0.478 e. The van der Waals surface area contributed by atoms with E-state index >= 15 is 0 Å². The Balaban J connectivity index is 1.47. The zero-order valence-electron chi connectivity index (χ0n) is 19.1. The van der Waals surface area contributed by atoms with E-state index in [2.05, 4.69) is 37.6 Å². The molecule has 1 saturated carbocycles. The average Bonchev–Trinajstić information content (AvgIpc) is 3.62. The molecule has 1 atom stereocenters. The number of H-pyrrole nitrogens is 1. The summed E-state index contributed by atoms with van der Waals surface area (Å²) in [6.07, 6.45) is 10.6. The van der Waals surface area contributed by atoms with E-state index in [1.54, 1.807) is 6.33 Å². The van der Waals surface area contributed by atoms with Gasteiger partial charge in [0.05, 0.1) is 40.4 Å². The Bertz CT molecular complexity index is 1370. The van der Waals surface area contributed by atoms with Crippen LogP contribution < -0.4 is 4.90 Å². The summed E-state index contributed by atoms with van der Waals surface area (Å²) in [5.74, 6) is -0.826. The smallest absolute Gasteiger partial charge is 0.340 e. The lowest BCUT2D eigenvalue weighted by Gasteiger charge is -2.23. The number of nitrogens with one attached hydrogen (secondary N) is 1. The number of hydrogen-bond donors (Lipinski definition) is 3. The first-order chi connectivity index (χ1) is 16.6. The molecule has 0 amide bonds. The zero-order valence-corrected chi connectivity index (χ0v) is 19.1. The van der Waals surface area contributed by atoms with E-state index in [-0.39, 0.29) is 18.1 Å². The highest BCUT2D eigenvalue weighted by Crippen LogP contribution is 2.39. The third kappa shape index (κ3) is 3.44. The summed E-state index contributed by atoms with van der Waals surface area (Å²) >= 11 is 0. The molecule has 8 heteroatoms. The van der Waals surface area contributed by atoms with Gasteiger partial charge in [-0.1, -0.05) is 25.3 Å². The fraction of sp³-hybridized carbons (Fsp3) is 0.423. The number of anilines is 1. The number of aliphatic hydroxyl groups is 1. The molecule has 3 N–H and O–H groups in total. The van der Waals surface area contributed by atoms with Gasteiger partial charge in [0.15, 0.2) is 0 Å². The number of aromatic amines is 1. The molecule has 4 aromatic rings. The van der Waals surface area contributed by atoms with Crippen LogP contribution in [-0.2, 0) is 0 Å². The number of carboxylic acid groups (broad SMARTS) is 1. The molecule has 2 fully saturated rings. The quantitative estimate of drug-likeness (QED) is 0.403. The monoisotopic (exact) mass is 459 g/mol. The van der Waals surface area contributed by atoms with Gasteiger partial charge in [-0.25, -0.2) is 14.8 Å². The van der Waals surface area contributed by atoms with Gasteiger partial charge in [-0.3, -0.25) is 0 Å². The molecule has 34 heavy (non-hydrogen) atoms. The predicted molar refractivity (Wildman–Crippen MR) is 131 cm³/mol. The van der Waals surface area contributed by atoms with Crippen LogP contribution in [-0.4, -0.2) is 55.4 Å². The maximum absolute atomic E-state index is 12.3. The highest BCUT2D eigenvalue weighted by atomic mass is 16.4. The van der Waals surface area contributed by atoms with Crippen molar-refractivity contribution in [2.24, 2.45) is 5.92 Å². The molecule has 0 bridgehead atoms. The Morgan fingerprint density at radius 3 is 2.74 bits per heavy atom. The van der Waals surface area contributed by atoms with Crippen molar-refractivity contribution in [2.45, 2.75) is 44.6 Å². The van der Waals surface area contributed by atoms with Gasteiger partial charge in [-0.05, 0) is 43.0 Å². The standard InChI is InChI=1S/C26H29N5O3/c32-13-16-8-9-30(12-16)22-11-19(24-25(28-14-27-24)23(22)26(33)34)17-6-7-21-20(10-17)29-15-31(21)18-4-2-1-3-5-18/h6-7,10-11,14-16,18,32H,1-5,8-9,12-13H2,(H,27,28)(H,33,34)/t16-/m0/s1. The third-order valence-corrected chi connectivity index (χ3v) is 7.63. The summed E-state index contributed by atoms with van der Waals surface area (Å²) in [7, 11) is 0. The van der Waals surface area contributed by atoms with Crippen molar-refractivity contribution in [3.8, 4) is 11.1 Å². The van der Waals surface area contributed by atoms with Crippen molar-refractivity contribution >= 4 is 33.7 Å². The number of aromatic nitrogens is 4. The SMILES string of the molecule is O=C(O)c1c(N2CC[C@H](CO)C2)cc(-c2ccc3c(c2)ncn3C2CCCCC2)c2nc[nH]c12. The van der Waals surface area contributed by atoms with Gasteiger partial charge in [0.1, 0.15) is 5.56 Å². The van der Waals surface area contributed by atoms with Crippen molar-refractivity contribution in [2.75, 3.05) is 24.6 Å². The zero-order chi connectivity index (χ0) is 23.2. The number of carbonyl (C=O) groups is 1. The number of fused-ring (bicyclic) bond motifs is 2. The lowest BCUT2D eigenvalue weighted by molar-refractivity contribution is 0.0699. The second kappa shape index (κ2) is 8.43. The first-order valence-corrected chi connectivity index (χ1v) is 12.2. The van der Waals surface area contributed by atoms with E-state index in [1.807, 2.05) is 12.4 Å². The van der Waals surface area contributed by atoms with Gasteiger partial charge in [0, 0.05) is 37.2 Å². The van der Waals surface area contributed by atoms with Crippen LogP contribution in [0.1, 0.15) is 54.9 Å². The minimum absolute atomic E-state index is 0.110. The molecule has 2 aromatic heterocycles. The van der Waals surface area contributed by atoms with Crippen LogP contribution in [0.3, 0.4) is 0 Å². The normalized spacial score (nSPS) is 19.4. The van der Waals surface area contributed by atoms with E-state index in [1.165, 1.54) is 32.1 Å². The summed E-state index contributed by atoms with van der Waals surface area (Å²) < 4.78 is 2.32. The molecule has 2 aromatic carbocycles. The van der Waals surface area contributed by atoms with E-state index < -0.39 is 5.97 Å². The number of rotatable bonds is 5. The molecular formula is C26H29N5O3. The lowest BCUT2D eigenvalue weighted by Crippen LogP contribution is -2.23. The summed E-state index contributed by atoms with van der Waals surface area (Å²) in [6, 6.07) is 8.78. The molecule has 2 aliphatic rings. The highest BCUT2D eigenvalue weighted by molar-refractivity contribution is 6.11. The minimum Gasteiger partial charge on any atom is -0.478 e. The number of aliphatic hydroxyl groups excluding tert-OH is 1. The maximum Gasteiger partial charge on any atom is 0.340 e. The molecule has 0 spiro atoms. The van der Waals surface area contributed by atoms with Crippen LogP contribution >= 0.6 is 0 Å². The molecule has 0 radical (unpaired) electrons. The molecule has 3 heterocycles. The van der Waals surface area contributed by atoms with Crippen molar-refractivity contribution in [3.05, 3.63) is 42.5 Å². The second-order valence-electron chi connectivity index (χ2n) is 9.68. The van der Waals surface area contributed by atoms with Gasteiger partial charge in [-0.2, -0.15) is 0 Å². The van der Waals surface area contributed by atoms with Crippen molar-refractivity contribution in [3.63, 3.8) is 0 Å². The lowest BCUT2D eigenvalue weighted by atomic mass is 9.95. The van der Waals surface area contributed by atoms with Crippen LogP contribution in [0.15, 0.2) is 36.9 Å². The van der Waals surface area contributed by atoms with E-state index in [9.17, 15) is 15.0 Å². The van der Waals surface area contributed by atoms with E-state index in [0.717, 1.165) is 35.1 Å². The summed E-state index contributed by atoms with van der Waals surface area (Å²) in [5, 5.41) is 19.7. The van der Waals surface area contributed by atoms with Crippen LogP contribution in [0, 0.1) is 5.92 Å². The predicted octanol–water partition coefficient (Wildman–Crippen LogP) is 4.60. The van der Waals surface area contributed by atoms with E-state index in [0.29, 0.717) is 29.3 Å². The Hall–Kier alpha value is -3.39. The molecule has 1 aliphatic heterocycles. The molecular weight excluding hydrogens is 430 g/mol. The van der Waals surface area contributed by atoms with Gasteiger partial charge < -0.3 is 24.7 Å². The molecule has 8 nitrogen and oxygen atoms in total. The minimum atomic E-state index is -0.982. The average molecular weight is 460 g/mol. The Labute approximate surface area is 197 Å². The molecule has 1 aliphatic carbocycles. The number of carboxylic acids is 1. The van der Waals surface area contributed by atoms with Crippen LogP contribution in [0.4, 0.5) is 5.69 Å². The summed E-state index contributed by atoms with van der Waals surface area (Å²) in [6.45, 7) is 1.47. The van der Waals surface area contributed by atoms with Gasteiger partial charge in [0.2, 0.25) is 0 Å². The number of hydrogen-bond acceptors (Lipinski definition) is 5. The fourth-order valence-electron chi connectivity index (χ4n) is 5.83. The van der Waals surface area contributed by atoms with Crippen molar-refractivity contribution in [1.29, 1.82) is 0 Å². The van der Waals surface area contributed by atoms with Crippen LogP contribution in [0.2, 0.25) is 0 Å². The Morgan fingerprint density at radius 2 is 1.97 bits per heavy atom. The van der Waals surface area contributed by atoms with Crippen LogP contribution in [0.5, 0.6) is 0 Å². The third-order valence-electron chi connectivity index (χ3n) is 7.63. The first kappa shape index (κ1) is 21.2.